The highest BCUT2D eigenvalue weighted by Crippen LogP contribution is 2.32. The van der Waals surface area contributed by atoms with Gasteiger partial charge >= 0.3 is 6.18 Å². The van der Waals surface area contributed by atoms with Gasteiger partial charge in [-0.05, 0) is 25.1 Å². The number of hydrogen-bond donors (Lipinski definition) is 0. The van der Waals surface area contributed by atoms with Crippen LogP contribution in [0.2, 0.25) is 5.02 Å². The number of aryl methyl sites for hydroxylation is 1. The molecule has 0 aliphatic carbocycles. The van der Waals surface area contributed by atoms with Crippen molar-refractivity contribution in [2.45, 2.75) is 13.1 Å². The highest BCUT2D eigenvalue weighted by Gasteiger charge is 2.33. The molecule has 0 aliphatic rings. The number of hydrogen-bond acceptors (Lipinski definition) is 2. The molecule has 3 nitrogen and oxygen atoms in total. The van der Waals surface area contributed by atoms with Crippen LogP contribution in [0, 0.1) is 18.3 Å². The van der Waals surface area contributed by atoms with Crippen LogP contribution in [0.1, 0.15) is 16.8 Å². The van der Waals surface area contributed by atoms with E-state index in [0.717, 1.165) is 12.1 Å². The molecule has 0 atom stereocenters. The average molecular weight is 286 g/mol. The third-order valence-electron chi connectivity index (χ3n) is 2.53. The van der Waals surface area contributed by atoms with E-state index in [2.05, 4.69) is 5.10 Å². The van der Waals surface area contributed by atoms with Gasteiger partial charge in [-0.2, -0.15) is 23.5 Å². The molecule has 1 heterocycles. The van der Waals surface area contributed by atoms with Crippen molar-refractivity contribution in [3.63, 3.8) is 0 Å². The Hall–Kier alpha value is -2.00. The van der Waals surface area contributed by atoms with E-state index < -0.39 is 17.3 Å². The second-order valence-electron chi connectivity index (χ2n) is 3.85. The Morgan fingerprint density at radius 1 is 1.37 bits per heavy atom. The molecule has 0 unspecified atom stereocenters. The molecule has 2 aromatic rings. The Balaban J connectivity index is 2.54. The van der Waals surface area contributed by atoms with E-state index in [-0.39, 0.29) is 0 Å². The maximum absolute atomic E-state index is 12.6. The quantitative estimate of drug-likeness (QED) is 0.801. The van der Waals surface area contributed by atoms with Crippen molar-refractivity contribution >= 4 is 11.6 Å². The van der Waals surface area contributed by atoms with Gasteiger partial charge in [-0.1, -0.05) is 11.6 Å². The molecule has 0 amide bonds. The topological polar surface area (TPSA) is 41.6 Å². The molecule has 0 saturated carbocycles. The van der Waals surface area contributed by atoms with Crippen molar-refractivity contribution < 1.29 is 13.2 Å². The van der Waals surface area contributed by atoms with Gasteiger partial charge in [0.15, 0.2) is 0 Å². The SMILES string of the molecule is Cc1nn(-c2ccc(C(F)(F)F)c(C#N)c2)cc1Cl. The molecule has 19 heavy (non-hydrogen) atoms. The minimum atomic E-state index is -4.55. The first-order valence-corrected chi connectivity index (χ1v) is 5.54. The van der Waals surface area contributed by atoms with Gasteiger partial charge < -0.3 is 0 Å². The van der Waals surface area contributed by atoms with Gasteiger partial charge in [0.2, 0.25) is 0 Å². The molecule has 2 rings (SSSR count). The summed E-state index contributed by atoms with van der Waals surface area (Å²) in [6.07, 6.45) is -3.08. The Bertz CT molecular complexity index is 648. The molecule has 0 fully saturated rings. The van der Waals surface area contributed by atoms with E-state index in [0.29, 0.717) is 16.4 Å². The second kappa shape index (κ2) is 4.59. The maximum atomic E-state index is 12.6. The van der Waals surface area contributed by atoms with Gasteiger partial charge in [0.05, 0.1) is 33.6 Å². The standard InChI is InChI=1S/C12H7ClF3N3/c1-7-11(13)6-19(18-7)9-2-3-10(12(14,15)16)8(4-9)5-17/h2-4,6H,1H3. The third-order valence-corrected chi connectivity index (χ3v) is 2.90. The van der Waals surface area contributed by atoms with Crippen molar-refractivity contribution in [2.24, 2.45) is 0 Å². The van der Waals surface area contributed by atoms with E-state index in [9.17, 15) is 13.2 Å². The minimum absolute atomic E-state index is 0.347. The molecular weight excluding hydrogens is 279 g/mol. The zero-order valence-electron chi connectivity index (χ0n) is 9.66. The van der Waals surface area contributed by atoms with Crippen LogP contribution in [-0.2, 0) is 6.18 Å². The lowest BCUT2D eigenvalue weighted by Crippen LogP contribution is -2.08. The summed E-state index contributed by atoms with van der Waals surface area (Å²) in [4.78, 5) is 0. The van der Waals surface area contributed by atoms with Crippen molar-refractivity contribution in [1.29, 1.82) is 5.26 Å². The lowest BCUT2D eigenvalue weighted by molar-refractivity contribution is -0.137. The highest BCUT2D eigenvalue weighted by atomic mass is 35.5. The number of rotatable bonds is 1. The lowest BCUT2D eigenvalue weighted by atomic mass is 10.1. The minimum Gasteiger partial charge on any atom is -0.239 e. The molecule has 98 valence electrons. The van der Waals surface area contributed by atoms with Crippen molar-refractivity contribution in [3.8, 4) is 11.8 Å². The maximum Gasteiger partial charge on any atom is 0.417 e. The number of alkyl halides is 3. The number of benzene rings is 1. The van der Waals surface area contributed by atoms with Gasteiger partial charge in [-0.3, -0.25) is 0 Å². The van der Waals surface area contributed by atoms with Crippen molar-refractivity contribution in [1.82, 2.24) is 9.78 Å². The molecule has 0 radical (unpaired) electrons. The zero-order valence-corrected chi connectivity index (χ0v) is 10.4. The molecule has 7 heteroatoms. The summed E-state index contributed by atoms with van der Waals surface area (Å²) in [6.45, 7) is 1.67. The van der Waals surface area contributed by atoms with E-state index in [1.165, 1.54) is 23.0 Å². The molecule has 1 aromatic heterocycles. The Kier molecular flexibility index (Phi) is 3.25. The van der Waals surface area contributed by atoms with Crippen LogP contribution >= 0.6 is 11.6 Å². The fourth-order valence-corrected chi connectivity index (χ4v) is 1.72. The van der Waals surface area contributed by atoms with Gasteiger partial charge in [-0.25, -0.2) is 4.68 Å². The first-order chi connectivity index (χ1) is 8.82. The zero-order chi connectivity index (χ0) is 14.2. The molecule has 0 N–H and O–H groups in total. The first kappa shape index (κ1) is 13.4. The number of nitrogens with zero attached hydrogens (tertiary/aromatic N) is 3. The number of nitriles is 1. The molecular formula is C12H7ClF3N3. The summed E-state index contributed by atoms with van der Waals surface area (Å²) < 4.78 is 39.3. The summed E-state index contributed by atoms with van der Waals surface area (Å²) >= 11 is 5.83. The summed E-state index contributed by atoms with van der Waals surface area (Å²) in [5.41, 5.74) is -0.511. The van der Waals surface area contributed by atoms with Crippen LogP contribution in [0.25, 0.3) is 5.69 Å². The van der Waals surface area contributed by atoms with Crippen LogP contribution in [0.5, 0.6) is 0 Å². The fourth-order valence-electron chi connectivity index (χ4n) is 1.59. The van der Waals surface area contributed by atoms with E-state index in [1.54, 1.807) is 6.92 Å². The largest absolute Gasteiger partial charge is 0.417 e. The van der Waals surface area contributed by atoms with Crippen LogP contribution < -0.4 is 0 Å². The molecule has 1 aromatic carbocycles. The fraction of sp³-hybridized carbons (Fsp3) is 0.167. The highest BCUT2D eigenvalue weighted by molar-refractivity contribution is 6.31. The predicted octanol–water partition coefficient (Wildman–Crippen LogP) is 3.72. The van der Waals surface area contributed by atoms with Crippen molar-refractivity contribution in [3.05, 3.63) is 46.2 Å². The predicted molar refractivity (Wildman–Crippen MR) is 63.0 cm³/mol. The smallest absolute Gasteiger partial charge is 0.239 e. The third kappa shape index (κ3) is 2.56. The van der Waals surface area contributed by atoms with Gasteiger partial charge in [-0.15, -0.1) is 0 Å². The monoisotopic (exact) mass is 285 g/mol. The van der Waals surface area contributed by atoms with E-state index in [1.807, 2.05) is 0 Å². The first-order valence-electron chi connectivity index (χ1n) is 5.16. The Morgan fingerprint density at radius 2 is 2.05 bits per heavy atom. The Labute approximate surface area is 111 Å². The van der Waals surface area contributed by atoms with Crippen LogP contribution in [0.15, 0.2) is 24.4 Å². The van der Waals surface area contributed by atoms with Crippen LogP contribution in [0.3, 0.4) is 0 Å². The summed E-state index contributed by atoms with van der Waals surface area (Å²) in [6, 6.07) is 4.77. The van der Waals surface area contributed by atoms with E-state index >= 15 is 0 Å². The lowest BCUT2D eigenvalue weighted by Gasteiger charge is -2.10. The summed E-state index contributed by atoms with van der Waals surface area (Å²) in [5, 5.41) is 13.3. The second-order valence-corrected chi connectivity index (χ2v) is 4.25. The molecule has 0 saturated heterocycles. The molecule has 0 bridgehead atoms. The Morgan fingerprint density at radius 3 is 2.53 bits per heavy atom. The van der Waals surface area contributed by atoms with Crippen LogP contribution in [-0.4, -0.2) is 9.78 Å². The summed E-state index contributed by atoms with van der Waals surface area (Å²) in [5.74, 6) is 0. The van der Waals surface area contributed by atoms with Gasteiger partial charge in [0.1, 0.15) is 0 Å². The van der Waals surface area contributed by atoms with Crippen LogP contribution in [0.4, 0.5) is 13.2 Å². The summed E-state index contributed by atoms with van der Waals surface area (Å²) in [7, 11) is 0. The van der Waals surface area contributed by atoms with E-state index in [4.69, 9.17) is 16.9 Å². The molecule has 0 spiro atoms. The number of halogens is 4. The average Bonchev–Trinajstić information content (AvgIpc) is 2.67. The molecule has 0 aliphatic heterocycles. The van der Waals surface area contributed by atoms with Crippen molar-refractivity contribution in [2.75, 3.05) is 0 Å². The van der Waals surface area contributed by atoms with Gasteiger partial charge in [0.25, 0.3) is 0 Å². The van der Waals surface area contributed by atoms with Gasteiger partial charge in [0, 0.05) is 6.20 Å². The number of aromatic nitrogens is 2. The normalized spacial score (nSPS) is 11.4.